The third-order valence-electron chi connectivity index (χ3n) is 3.50. The van der Waals surface area contributed by atoms with Gasteiger partial charge in [0.1, 0.15) is 0 Å². The fraction of sp³-hybridized carbons (Fsp3) is 0. The molecule has 164 valence electrons. The van der Waals surface area contributed by atoms with Gasteiger partial charge in [0.2, 0.25) is 0 Å². The van der Waals surface area contributed by atoms with Crippen molar-refractivity contribution in [3.63, 3.8) is 0 Å². The molecule has 13 heteroatoms. The van der Waals surface area contributed by atoms with E-state index in [1.165, 1.54) is 0 Å². The van der Waals surface area contributed by atoms with Crippen LogP contribution in [0.15, 0.2) is 69.9 Å². The van der Waals surface area contributed by atoms with E-state index in [4.69, 9.17) is 29.0 Å². The van der Waals surface area contributed by atoms with Crippen LogP contribution in [-0.4, -0.2) is 37.5 Å². The molecule has 0 bridgehead atoms. The van der Waals surface area contributed by atoms with E-state index in [1.807, 2.05) is 48.5 Å². The van der Waals surface area contributed by atoms with Crippen molar-refractivity contribution in [1.82, 2.24) is 19.9 Å². The third-order valence-corrected chi connectivity index (χ3v) is 4.56. The highest BCUT2D eigenvalue weighted by Gasteiger charge is 2.00. The summed E-state index contributed by atoms with van der Waals surface area (Å²) in [7, 11) is -4.67. The van der Waals surface area contributed by atoms with Crippen LogP contribution in [0.3, 0.4) is 0 Å². The summed E-state index contributed by atoms with van der Waals surface area (Å²) < 4.78 is 33.7. The van der Waals surface area contributed by atoms with Crippen molar-refractivity contribution < 1.29 is 17.5 Å². The summed E-state index contributed by atoms with van der Waals surface area (Å²) >= 11 is 6.75. The Morgan fingerprint density at radius 3 is 1.23 bits per heavy atom. The number of nitrogens with one attached hydrogen (secondary N) is 2. The van der Waals surface area contributed by atoms with Gasteiger partial charge in [-0.15, -0.1) is 0 Å². The van der Waals surface area contributed by atoms with Crippen LogP contribution in [0.2, 0.25) is 0 Å². The average molecular weight is 574 g/mol. The standard InChI is InChI=1S/2C9H8BrN3.H2O4S/c2*10-7-3-1-6(2-4-7)8-5-12-9(11)13-8;1-5(2,3)4/h2*1-5H,(H3,11,12,13);(H2,1,2,3,4). The van der Waals surface area contributed by atoms with Gasteiger partial charge in [-0.05, 0) is 35.4 Å². The number of nitrogens with two attached hydrogens (primary N) is 2. The van der Waals surface area contributed by atoms with Crippen molar-refractivity contribution >= 4 is 54.2 Å². The van der Waals surface area contributed by atoms with Gasteiger partial charge >= 0.3 is 10.4 Å². The van der Waals surface area contributed by atoms with Crippen molar-refractivity contribution in [2.75, 3.05) is 11.5 Å². The molecule has 0 aliphatic carbocycles. The van der Waals surface area contributed by atoms with Crippen LogP contribution in [0.5, 0.6) is 0 Å². The van der Waals surface area contributed by atoms with Gasteiger partial charge in [-0.25, -0.2) is 9.97 Å². The Balaban J connectivity index is 0.000000182. The van der Waals surface area contributed by atoms with E-state index in [1.54, 1.807) is 12.4 Å². The van der Waals surface area contributed by atoms with Crippen molar-refractivity contribution in [2.24, 2.45) is 0 Å². The molecule has 10 nitrogen and oxygen atoms in total. The predicted octanol–water partition coefficient (Wildman–Crippen LogP) is 4.19. The maximum atomic E-state index is 8.74. The second kappa shape index (κ2) is 11.1. The zero-order valence-electron chi connectivity index (χ0n) is 15.7. The first-order chi connectivity index (χ1) is 14.5. The predicted molar refractivity (Wildman–Crippen MR) is 126 cm³/mol. The minimum atomic E-state index is -4.67. The zero-order chi connectivity index (χ0) is 23.0. The topological polar surface area (TPSA) is 184 Å². The van der Waals surface area contributed by atoms with E-state index in [0.717, 1.165) is 31.5 Å². The van der Waals surface area contributed by atoms with Crippen LogP contribution >= 0.6 is 31.9 Å². The number of H-pyrrole nitrogens is 2. The van der Waals surface area contributed by atoms with Crippen LogP contribution in [0.1, 0.15) is 0 Å². The molecule has 2 aromatic heterocycles. The average Bonchev–Trinajstić information content (AvgIpc) is 3.31. The van der Waals surface area contributed by atoms with Crippen LogP contribution < -0.4 is 11.5 Å². The molecule has 2 heterocycles. The van der Waals surface area contributed by atoms with E-state index in [9.17, 15) is 0 Å². The molecule has 4 rings (SSSR count). The summed E-state index contributed by atoms with van der Waals surface area (Å²) in [5, 5.41) is 0. The summed E-state index contributed by atoms with van der Waals surface area (Å²) in [6.07, 6.45) is 3.44. The fourth-order valence-electron chi connectivity index (χ4n) is 2.23. The van der Waals surface area contributed by atoms with Crippen molar-refractivity contribution in [1.29, 1.82) is 0 Å². The number of hydrogen-bond acceptors (Lipinski definition) is 6. The molecule has 31 heavy (non-hydrogen) atoms. The summed E-state index contributed by atoms with van der Waals surface area (Å²) in [5.41, 5.74) is 15.0. The van der Waals surface area contributed by atoms with E-state index in [2.05, 4.69) is 51.8 Å². The molecule has 0 fully saturated rings. The number of imidazole rings is 2. The molecule has 0 saturated carbocycles. The molecule has 0 amide bonds. The number of anilines is 2. The minimum Gasteiger partial charge on any atom is -0.369 e. The molecular formula is C18H18Br2N6O4S. The molecule has 0 aliphatic heterocycles. The molecule has 8 N–H and O–H groups in total. The van der Waals surface area contributed by atoms with Crippen molar-refractivity contribution in [2.45, 2.75) is 0 Å². The lowest BCUT2D eigenvalue weighted by Gasteiger charge is -1.96. The van der Waals surface area contributed by atoms with Gasteiger partial charge in [0.25, 0.3) is 0 Å². The largest absolute Gasteiger partial charge is 0.394 e. The number of aromatic amines is 2. The van der Waals surface area contributed by atoms with E-state index < -0.39 is 10.4 Å². The van der Waals surface area contributed by atoms with Crippen LogP contribution in [0.25, 0.3) is 22.5 Å². The first-order valence-electron chi connectivity index (χ1n) is 8.34. The van der Waals surface area contributed by atoms with Crippen molar-refractivity contribution in [3.05, 3.63) is 69.9 Å². The van der Waals surface area contributed by atoms with Crippen LogP contribution in [0, 0.1) is 0 Å². The molecule has 0 saturated heterocycles. The smallest absolute Gasteiger partial charge is 0.369 e. The Hall–Kier alpha value is -2.71. The van der Waals surface area contributed by atoms with Crippen LogP contribution in [-0.2, 0) is 10.4 Å². The summed E-state index contributed by atoms with van der Waals surface area (Å²) in [5.74, 6) is 0.885. The maximum Gasteiger partial charge on any atom is 0.394 e. The van der Waals surface area contributed by atoms with Gasteiger partial charge in [0, 0.05) is 8.95 Å². The molecular weight excluding hydrogens is 556 g/mol. The number of halogens is 2. The number of aromatic nitrogens is 4. The quantitative estimate of drug-likeness (QED) is 0.193. The SMILES string of the molecule is Nc1ncc(-c2ccc(Br)cc2)[nH]1.Nc1ncc(-c2ccc(Br)cc2)[nH]1.O=S(=O)(O)O. The molecule has 0 aliphatic rings. The number of hydrogen-bond donors (Lipinski definition) is 6. The Morgan fingerprint density at radius 2 is 1.00 bits per heavy atom. The first-order valence-corrected chi connectivity index (χ1v) is 11.3. The second-order valence-electron chi connectivity index (χ2n) is 5.83. The Morgan fingerprint density at radius 1 is 0.710 bits per heavy atom. The van der Waals surface area contributed by atoms with Gasteiger partial charge in [0.05, 0.1) is 23.8 Å². The fourth-order valence-corrected chi connectivity index (χ4v) is 2.75. The lowest BCUT2D eigenvalue weighted by molar-refractivity contribution is 0.381. The van der Waals surface area contributed by atoms with Gasteiger partial charge in [0.15, 0.2) is 11.9 Å². The molecule has 0 spiro atoms. The van der Waals surface area contributed by atoms with Gasteiger partial charge < -0.3 is 21.4 Å². The molecule has 0 radical (unpaired) electrons. The molecule has 0 unspecified atom stereocenters. The first kappa shape index (κ1) is 24.6. The van der Waals surface area contributed by atoms with Gasteiger partial charge in [-0.3, -0.25) is 9.11 Å². The highest BCUT2D eigenvalue weighted by atomic mass is 79.9. The van der Waals surface area contributed by atoms with E-state index >= 15 is 0 Å². The number of nitrogens with zero attached hydrogens (tertiary/aromatic N) is 2. The van der Waals surface area contributed by atoms with E-state index in [0.29, 0.717) is 11.9 Å². The summed E-state index contributed by atoms with van der Waals surface area (Å²) in [4.78, 5) is 13.8. The number of rotatable bonds is 2. The summed E-state index contributed by atoms with van der Waals surface area (Å²) in [6, 6.07) is 15.9. The lowest BCUT2D eigenvalue weighted by Crippen LogP contribution is -1.89. The molecule has 0 atom stereocenters. The second-order valence-corrected chi connectivity index (χ2v) is 8.55. The minimum absolute atomic E-state index is 0.443. The normalized spacial score (nSPS) is 10.5. The van der Waals surface area contributed by atoms with E-state index in [-0.39, 0.29) is 0 Å². The lowest BCUT2D eigenvalue weighted by atomic mass is 10.2. The maximum absolute atomic E-state index is 8.74. The highest BCUT2D eigenvalue weighted by molar-refractivity contribution is 9.10. The number of nitrogen functional groups attached to an aromatic ring is 2. The Kier molecular flexibility index (Phi) is 8.76. The van der Waals surface area contributed by atoms with Crippen molar-refractivity contribution in [3.8, 4) is 22.5 Å². The monoisotopic (exact) mass is 572 g/mol. The number of benzene rings is 2. The zero-order valence-corrected chi connectivity index (χ0v) is 19.7. The Labute approximate surface area is 195 Å². The molecule has 4 aromatic rings. The van der Waals surface area contributed by atoms with Crippen LogP contribution in [0.4, 0.5) is 11.9 Å². The summed E-state index contributed by atoms with van der Waals surface area (Å²) in [6.45, 7) is 0. The Bertz CT molecular complexity index is 1120. The third kappa shape index (κ3) is 9.31. The van der Waals surface area contributed by atoms with Gasteiger partial charge in [-0.1, -0.05) is 56.1 Å². The molecule has 2 aromatic carbocycles. The van der Waals surface area contributed by atoms with Gasteiger partial charge in [-0.2, -0.15) is 8.42 Å². The highest BCUT2D eigenvalue weighted by Crippen LogP contribution is 2.21.